The molecule has 4 rings (SSSR count). The molecule has 0 spiro atoms. The number of aromatic nitrogens is 1. The summed E-state index contributed by atoms with van der Waals surface area (Å²) < 4.78 is 10.9. The van der Waals surface area contributed by atoms with Crippen molar-refractivity contribution < 1.29 is 13.9 Å². The molecular formula is C19H21Cl2N3O3. The largest absolute Gasteiger partial charge is 0.464 e. The van der Waals surface area contributed by atoms with Crippen molar-refractivity contribution in [3.63, 3.8) is 0 Å². The second-order valence-electron chi connectivity index (χ2n) is 6.02. The average molecular weight is 410 g/mol. The van der Waals surface area contributed by atoms with E-state index in [2.05, 4.69) is 15.6 Å². The van der Waals surface area contributed by atoms with Gasteiger partial charge in [0.25, 0.3) is 5.91 Å². The molecule has 0 saturated carbocycles. The van der Waals surface area contributed by atoms with Gasteiger partial charge in [-0.3, -0.25) is 9.78 Å². The summed E-state index contributed by atoms with van der Waals surface area (Å²) in [5, 5.41) is 7.20. The van der Waals surface area contributed by atoms with Crippen molar-refractivity contribution in [1.29, 1.82) is 0 Å². The third-order valence-corrected chi connectivity index (χ3v) is 4.27. The van der Waals surface area contributed by atoms with Crippen LogP contribution in [0.2, 0.25) is 0 Å². The van der Waals surface area contributed by atoms with Crippen molar-refractivity contribution >= 4 is 41.7 Å². The van der Waals surface area contributed by atoms with Crippen LogP contribution in [0.5, 0.6) is 0 Å². The summed E-state index contributed by atoms with van der Waals surface area (Å²) in [4.78, 5) is 16.9. The van der Waals surface area contributed by atoms with Gasteiger partial charge in [-0.15, -0.1) is 24.8 Å². The number of rotatable bonds is 3. The minimum atomic E-state index is -0.0988. The Morgan fingerprint density at radius 3 is 2.78 bits per heavy atom. The number of carbonyl (C=O) groups is 1. The lowest BCUT2D eigenvalue weighted by Gasteiger charge is -2.16. The number of hydrogen-bond acceptors (Lipinski definition) is 5. The van der Waals surface area contributed by atoms with Crippen molar-refractivity contribution in [1.82, 2.24) is 15.6 Å². The first-order chi connectivity index (χ1) is 12.3. The standard InChI is InChI=1S/C19H19N3O3.2ClH/c23-19(22-15-11-20-8-10-24-12-15)14-3-1-13(2-4-14)18-16-6-9-25-17(16)5-7-21-18;;/h1-7,9,15,20H,8,10-12H2,(H,22,23);2*1H/t15-;;/m0../s1. The van der Waals surface area contributed by atoms with E-state index in [1.54, 1.807) is 12.5 Å². The number of halogens is 2. The van der Waals surface area contributed by atoms with E-state index in [0.29, 0.717) is 18.8 Å². The Morgan fingerprint density at radius 1 is 1.15 bits per heavy atom. The zero-order valence-electron chi connectivity index (χ0n) is 14.5. The number of hydrogen-bond donors (Lipinski definition) is 2. The summed E-state index contributed by atoms with van der Waals surface area (Å²) >= 11 is 0. The SMILES string of the molecule is Cl.Cl.O=C(N[C@H]1CNCCOC1)c1ccc(-c2nccc3occc23)cc1. The highest BCUT2D eigenvalue weighted by atomic mass is 35.5. The number of furan rings is 1. The third-order valence-electron chi connectivity index (χ3n) is 4.27. The van der Waals surface area contributed by atoms with Crippen molar-refractivity contribution in [2.24, 2.45) is 0 Å². The number of fused-ring (bicyclic) bond motifs is 1. The summed E-state index contributed by atoms with van der Waals surface area (Å²) in [7, 11) is 0. The molecule has 3 aromatic rings. The first-order valence-electron chi connectivity index (χ1n) is 8.33. The lowest BCUT2D eigenvalue weighted by molar-refractivity contribution is 0.0884. The number of nitrogens with one attached hydrogen (secondary N) is 2. The molecule has 2 aromatic heterocycles. The van der Waals surface area contributed by atoms with Crippen LogP contribution in [0.25, 0.3) is 22.2 Å². The van der Waals surface area contributed by atoms with Crippen LogP contribution in [0.15, 0.2) is 53.3 Å². The number of amides is 1. The Labute approximate surface area is 169 Å². The molecule has 2 N–H and O–H groups in total. The van der Waals surface area contributed by atoms with Gasteiger partial charge in [0.05, 0.1) is 31.2 Å². The Kier molecular flexibility index (Phi) is 7.62. The van der Waals surface area contributed by atoms with Crippen molar-refractivity contribution in [3.8, 4) is 11.3 Å². The summed E-state index contributed by atoms with van der Waals surface area (Å²) in [5.41, 5.74) is 3.21. The van der Waals surface area contributed by atoms with Gasteiger partial charge >= 0.3 is 0 Å². The van der Waals surface area contributed by atoms with E-state index in [0.717, 1.165) is 35.3 Å². The van der Waals surface area contributed by atoms with Crippen LogP contribution in [-0.4, -0.2) is 43.2 Å². The van der Waals surface area contributed by atoms with Crippen LogP contribution < -0.4 is 10.6 Å². The number of ether oxygens (including phenoxy) is 1. The molecule has 0 radical (unpaired) electrons. The molecule has 8 heteroatoms. The molecule has 1 aromatic carbocycles. The zero-order valence-corrected chi connectivity index (χ0v) is 16.1. The molecule has 0 aliphatic carbocycles. The highest BCUT2D eigenvalue weighted by Crippen LogP contribution is 2.27. The van der Waals surface area contributed by atoms with Crippen molar-refractivity contribution in [2.75, 3.05) is 26.3 Å². The fourth-order valence-corrected chi connectivity index (χ4v) is 2.97. The zero-order chi connectivity index (χ0) is 17.1. The van der Waals surface area contributed by atoms with Gasteiger partial charge in [-0.1, -0.05) is 12.1 Å². The van der Waals surface area contributed by atoms with Gasteiger partial charge in [-0.05, 0) is 24.3 Å². The Balaban J connectivity index is 0.00000131. The van der Waals surface area contributed by atoms with E-state index in [9.17, 15) is 4.79 Å². The minimum Gasteiger partial charge on any atom is -0.464 e. The van der Waals surface area contributed by atoms with E-state index < -0.39 is 0 Å². The molecule has 1 amide bonds. The molecule has 3 heterocycles. The normalized spacial score (nSPS) is 16.7. The van der Waals surface area contributed by atoms with E-state index in [1.165, 1.54) is 0 Å². The van der Waals surface area contributed by atoms with Gasteiger partial charge in [0.1, 0.15) is 5.58 Å². The van der Waals surface area contributed by atoms with Crippen LogP contribution in [-0.2, 0) is 4.74 Å². The molecule has 6 nitrogen and oxygen atoms in total. The first kappa shape index (κ1) is 21.2. The summed E-state index contributed by atoms with van der Waals surface area (Å²) in [6, 6.07) is 11.2. The Morgan fingerprint density at radius 2 is 1.96 bits per heavy atom. The molecule has 0 bridgehead atoms. The molecule has 144 valence electrons. The molecule has 1 saturated heterocycles. The van der Waals surface area contributed by atoms with Gasteiger partial charge in [0, 0.05) is 35.8 Å². The first-order valence-corrected chi connectivity index (χ1v) is 8.33. The quantitative estimate of drug-likeness (QED) is 0.694. The van der Waals surface area contributed by atoms with E-state index in [4.69, 9.17) is 9.15 Å². The number of carbonyl (C=O) groups excluding carboxylic acids is 1. The predicted molar refractivity (Wildman–Crippen MR) is 109 cm³/mol. The number of nitrogens with zero attached hydrogens (tertiary/aromatic N) is 1. The molecular weight excluding hydrogens is 389 g/mol. The summed E-state index contributed by atoms with van der Waals surface area (Å²) in [6.45, 7) is 2.74. The minimum absolute atomic E-state index is 0. The van der Waals surface area contributed by atoms with E-state index in [1.807, 2.05) is 36.4 Å². The fraction of sp³-hybridized carbons (Fsp3) is 0.263. The number of pyridine rings is 1. The van der Waals surface area contributed by atoms with Crippen LogP contribution >= 0.6 is 24.8 Å². The fourth-order valence-electron chi connectivity index (χ4n) is 2.97. The molecule has 27 heavy (non-hydrogen) atoms. The monoisotopic (exact) mass is 409 g/mol. The maximum absolute atomic E-state index is 12.4. The van der Waals surface area contributed by atoms with Crippen molar-refractivity contribution in [3.05, 3.63) is 54.4 Å². The van der Waals surface area contributed by atoms with Crippen LogP contribution in [0, 0.1) is 0 Å². The van der Waals surface area contributed by atoms with Crippen LogP contribution in [0.1, 0.15) is 10.4 Å². The molecule has 1 atom stereocenters. The predicted octanol–water partition coefficient (Wildman–Crippen LogP) is 3.06. The van der Waals surface area contributed by atoms with Crippen LogP contribution in [0.3, 0.4) is 0 Å². The average Bonchev–Trinajstić information content (AvgIpc) is 2.99. The lowest BCUT2D eigenvalue weighted by Crippen LogP contribution is -2.43. The topological polar surface area (TPSA) is 76.4 Å². The Bertz CT molecular complexity index is 875. The highest BCUT2D eigenvalue weighted by Gasteiger charge is 2.16. The van der Waals surface area contributed by atoms with Crippen molar-refractivity contribution in [2.45, 2.75) is 6.04 Å². The molecule has 1 aliphatic rings. The maximum atomic E-state index is 12.4. The van der Waals surface area contributed by atoms with Gasteiger partial charge in [-0.25, -0.2) is 0 Å². The third kappa shape index (κ3) is 4.78. The summed E-state index contributed by atoms with van der Waals surface area (Å²) in [5.74, 6) is -0.0988. The Hall–Kier alpha value is -2.12. The highest BCUT2D eigenvalue weighted by molar-refractivity contribution is 5.96. The molecule has 0 unspecified atom stereocenters. The van der Waals surface area contributed by atoms with Gasteiger partial charge < -0.3 is 19.8 Å². The number of benzene rings is 1. The lowest BCUT2D eigenvalue weighted by atomic mass is 10.1. The van der Waals surface area contributed by atoms with Gasteiger partial charge in [0.15, 0.2) is 0 Å². The molecule has 1 aliphatic heterocycles. The van der Waals surface area contributed by atoms with E-state index in [-0.39, 0.29) is 36.8 Å². The molecule has 1 fully saturated rings. The summed E-state index contributed by atoms with van der Waals surface area (Å²) in [6.07, 6.45) is 3.38. The maximum Gasteiger partial charge on any atom is 0.251 e. The van der Waals surface area contributed by atoms with Gasteiger partial charge in [-0.2, -0.15) is 0 Å². The smallest absolute Gasteiger partial charge is 0.251 e. The van der Waals surface area contributed by atoms with E-state index >= 15 is 0 Å². The second-order valence-corrected chi connectivity index (χ2v) is 6.02. The van der Waals surface area contributed by atoms with Crippen LogP contribution in [0.4, 0.5) is 0 Å². The van der Waals surface area contributed by atoms with Gasteiger partial charge in [0.2, 0.25) is 0 Å². The second kappa shape index (κ2) is 9.71.